The minimum Gasteiger partial charge on any atom is -0.348 e. The maximum Gasteiger partial charge on any atom is 0.250 e. The first-order valence-electron chi connectivity index (χ1n) is 6.58. The molecule has 20 heavy (non-hydrogen) atoms. The predicted molar refractivity (Wildman–Crippen MR) is 78.4 cm³/mol. The van der Waals surface area contributed by atoms with Crippen LogP contribution in [-0.2, 0) is 11.3 Å². The molecule has 0 radical (unpaired) electrons. The second-order valence-corrected chi connectivity index (χ2v) is 4.81. The summed E-state index contributed by atoms with van der Waals surface area (Å²) in [5, 5.41) is 2.91. The number of aryl methyl sites for hydroxylation is 1. The quantitative estimate of drug-likeness (QED) is 0.924. The van der Waals surface area contributed by atoms with Gasteiger partial charge >= 0.3 is 0 Å². The van der Waals surface area contributed by atoms with E-state index in [1.165, 1.54) is 10.6 Å². The number of aromatic nitrogens is 1. The molecule has 4 heteroatoms. The Kier molecular flexibility index (Phi) is 4.35. The number of rotatable bonds is 4. The molecule has 0 aliphatic heterocycles. The molecule has 0 fully saturated rings. The van der Waals surface area contributed by atoms with E-state index >= 15 is 0 Å². The molecule has 1 aromatic carbocycles. The summed E-state index contributed by atoms with van der Waals surface area (Å²) in [6.07, 6.45) is 1.61. The first-order chi connectivity index (χ1) is 9.58. The Balaban J connectivity index is 2.04. The molecule has 1 N–H and O–H groups in total. The normalized spacial score (nSPS) is 11.9. The van der Waals surface area contributed by atoms with Gasteiger partial charge in [-0.2, -0.15) is 0 Å². The summed E-state index contributed by atoms with van der Waals surface area (Å²) in [5.74, 6) is -0.172. The zero-order valence-electron chi connectivity index (χ0n) is 11.7. The van der Waals surface area contributed by atoms with Crippen molar-refractivity contribution in [1.29, 1.82) is 0 Å². The molecular formula is C16H18N2O2. The van der Waals surface area contributed by atoms with Gasteiger partial charge in [0.1, 0.15) is 6.54 Å². The van der Waals surface area contributed by atoms with Gasteiger partial charge in [-0.1, -0.05) is 30.3 Å². The van der Waals surface area contributed by atoms with Crippen LogP contribution in [0.1, 0.15) is 24.1 Å². The second-order valence-electron chi connectivity index (χ2n) is 4.81. The average molecular weight is 270 g/mol. The zero-order valence-corrected chi connectivity index (χ0v) is 11.7. The summed E-state index contributed by atoms with van der Waals surface area (Å²) < 4.78 is 1.39. The minimum atomic E-state index is -0.175. The Morgan fingerprint density at radius 2 is 1.90 bits per heavy atom. The van der Waals surface area contributed by atoms with Crippen LogP contribution in [0.3, 0.4) is 0 Å². The van der Waals surface area contributed by atoms with Crippen molar-refractivity contribution in [3.05, 3.63) is 70.1 Å². The van der Waals surface area contributed by atoms with E-state index in [2.05, 4.69) is 5.32 Å². The first kappa shape index (κ1) is 14.1. The highest BCUT2D eigenvalue weighted by atomic mass is 16.2. The van der Waals surface area contributed by atoms with Crippen molar-refractivity contribution in [2.45, 2.75) is 26.4 Å². The van der Waals surface area contributed by atoms with E-state index in [-0.39, 0.29) is 24.1 Å². The van der Waals surface area contributed by atoms with Gasteiger partial charge in [-0.3, -0.25) is 9.59 Å². The minimum absolute atomic E-state index is 0.0376. The molecule has 0 bridgehead atoms. The summed E-state index contributed by atoms with van der Waals surface area (Å²) >= 11 is 0. The van der Waals surface area contributed by atoms with Crippen LogP contribution in [-0.4, -0.2) is 10.5 Å². The number of carbonyl (C=O) groups is 1. The zero-order chi connectivity index (χ0) is 14.5. The van der Waals surface area contributed by atoms with Crippen LogP contribution >= 0.6 is 0 Å². The van der Waals surface area contributed by atoms with Gasteiger partial charge in [-0.15, -0.1) is 0 Å². The third-order valence-corrected chi connectivity index (χ3v) is 3.25. The van der Waals surface area contributed by atoms with Crippen LogP contribution in [0.25, 0.3) is 0 Å². The predicted octanol–water partition coefficient (Wildman–Crippen LogP) is 2.03. The Morgan fingerprint density at radius 3 is 2.60 bits per heavy atom. The van der Waals surface area contributed by atoms with Crippen molar-refractivity contribution < 1.29 is 4.79 Å². The van der Waals surface area contributed by atoms with E-state index in [4.69, 9.17) is 0 Å². The van der Waals surface area contributed by atoms with E-state index in [9.17, 15) is 9.59 Å². The number of nitrogens with one attached hydrogen (secondary N) is 1. The van der Waals surface area contributed by atoms with Gasteiger partial charge in [0.15, 0.2) is 0 Å². The van der Waals surface area contributed by atoms with Crippen LogP contribution in [0, 0.1) is 6.92 Å². The molecule has 104 valence electrons. The van der Waals surface area contributed by atoms with Crippen molar-refractivity contribution in [3.63, 3.8) is 0 Å². The Labute approximate surface area is 118 Å². The Bertz CT molecular complexity index is 661. The molecule has 0 aliphatic carbocycles. The molecule has 2 rings (SSSR count). The van der Waals surface area contributed by atoms with Gasteiger partial charge in [0.25, 0.3) is 5.56 Å². The number of amides is 1. The Hall–Kier alpha value is -2.36. The van der Waals surface area contributed by atoms with Crippen molar-refractivity contribution in [2.24, 2.45) is 0 Å². The number of benzene rings is 1. The monoisotopic (exact) mass is 270 g/mol. The van der Waals surface area contributed by atoms with Crippen molar-refractivity contribution >= 4 is 5.91 Å². The molecule has 0 aliphatic rings. The lowest BCUT2D eigenvalue weighted by Gasteiger charge is -2.17. The standard InChI is InChI=1S/C16H18N2O2/c1-12-7-3-4-8-14(12)13(2)17-15(19)11-18-10-6-5-9-16(18)20/h3-10,13H,11H2,1-2H3,(H,17,19)/t13-/m0/s1. The third-order valence-electron chi connectivity index (χ3n) is 3.25. The van der Waals surface area contributed by atoms with E-state index in [1.54, 1.807) is 18.3 Å². The van der Waals surface area contributed by atoms with Crippen LogP contribution < -0.4 is 10.9 Å². The molecule has 1 atom stereocenters. The molecule has 1 aromatic heterocycles. The lowest BCUT2D eigenvalue weighted by atomic mass is 10.0. The number of pyridine rings is 1. The summed E-state index contributed by atoms with van der Waals surface area (Å²) in [6.45, 7) is 3.99. The fourth-order valence-electron chi connectivity index (χ4n) is 2.18. The van der Waals surface area contributed by atoms with Gasteiger partial charge in [-0.25, -0.2) is 0 Å². The highest BCUT2D eigenvalue weighted by molar-refractivity contribution is 5.76. The molecule has 0 saturated heterocycles. The second kappa shape index (κ2) is 6.19. The van der Waals surface area contributed by atoms with Crippen LogP contribution in [0.5, 0.6) is 0 Å². The number of nitrogens with zero attached hydrogens (tertiary/aromatic N) is 1. The van der Waals surface area contributed by atoms with Crippen molar-refractivity contribution in [3.8, 4) is 0 Å². The molecule has 4 nitrogen and oxygen atoms in total. The molecule has 1 heterocycles. The fourth-order valence-corrected chi connectivity index (χ4v) is 2.18. The molecule has 1 amide bonds. The van der Waals surface area contributed by atoms with E-state index < -0.39 is 0 Å². The summed E-state index contributed by atoms with van der Waals surface area (Å²) in [5.41, 5.74) is 2.05. The molecule has 2 aromatic rings. The average Bonchev–Trinajstić information content (AvgIpc) is 2.41. The van der Waals surface area contributed by atoms with Gasteiger partial charge in [0, 0.05) is 12.3 Å². The fraction of sp³-hybridized carbons (Fsp3) is 0.250. The van der Waals surface area contributed by atoms with E-state index in [0.29, 0.717) is 0 Å². The van der Waals surface area contributed by atoms with E-state index in [1.807, 2.05) is 38.1 Å². The number of hydrogen-bond donors (Lipinski definition) is 1. The summed E-state index contributed by atoms with van der Waals surface area (Å²) in [4.78, 5) is 23.5. The molecular weight excluding hydrogens is 252 g/mol. The topological polar surface area (TPSA) is 51.1 Å². The maximum absolute atomic E-state index is 12.0. The third kappa shape index (κ3) is 3.35. The van der Waals surface area contributed by atoms with E-state index in [0.717, 1.165) is 11.1 Å². The van der Waals surface area contributed by atoms with Crippen molar-refractivity contribution in [1.82, 2.24) is 9.88 Å². The number of hydrogen-bond acceptors (Lipinski definition) is 2. The Morgan fingerprint density at radius 1 is 1.20 bits per heavy atom. The van der Waals surface area contributed by atoms with Gasteiger partial charge in [0.05, 0.1) is 6.04 Å². The lowest BCUT2D eigenvalue weighted by Crippen LogP contribution is -2.33. The first-order valence-corrected chi connectivity index (χ1v) is 6.58. The van der Waals surface area contributed by atoms with Gasteiger partial charge in [-0.05, 0) is 31.0 Å². The van der Waals surface area contributed by atoms with Gasteiger partial charge < -0.3 is 9.88 Å². The van der Waals surface area contributed by atoms with Crippen LogP contribution in [0.15, 0.2) is 53.5 Å². The lowest BCUT2D eigenvalue weighted by molar-refractivity contribution is -0.122. The van der Waals surface area contributed by atoms with Crippen molar-refractivity contribution in [2.75, 3.05) is 0 Å². The summed E-state index contributed by atoms with van der Waals surface area (Å²) in [6, 6.07) is 12.7. The van der Waals surface area contributed by atoms with Crippen LogP contribution in [0.4, 0.5) is 0 Å². The number of carbonyl (C=O) groups excluding carboxylic acids is 1. The highest BCUT2D eigenvalue weighted by Gasteiger charge is 2.11. The van der Waals surface area contributed by atoms with Gasteiger partial charge in [0.2, 0.25) is 5.91 Å². The smallest absolute Gasteiger partial charge is 0.250 e. The summed E-state index contributed by atoms with van der Waals surface area (Å²) in [7, 11) is 0. The molecule has 0 saturated carbocycles. The molecule has 0 spiro atoms. The highest BCUT2D eigenvalue weighted by Crippen LogP contribution is 2.16. The SMILES string of the molecule is Cc1ccccc1[C@H](C)NC(=O)Cn1ccccc1=O. The maximum atomic E-state index is 12.0. The largest absolute Gasteiger partial charge is 0.348 e. The van der Waals surface area contributed by atoms with Crippen LogP contribution in [0.2, 0.25) is 0 Å². The molecule has 0 unspecified atom stereocenters.